The molecule has 0 aliphatic heterocycles. The van der Waals surface area contributed by atoms with E-state index in [2.05, 4.69) is 0 Å². The summed E-state index contributed by atoms with van der Waals surface area (Å²) in [4.78, 5) is 15.2. The van der Waals surface area contributed by atoms with Crippen LogP contribution >= 0.6 is 0 Å². The highest BCUT2D eigenvalue weighted by atomic mass is 16.3. The quantitative estimate of drug-likeness (QED) is 0.171. The second-order valence-corrected chi connectivity index (χ2v) is 13.1. The van der Waals surface area contributed by atoms with Gasteiger partial charge in [0.05, 0.1) is 33.0 Å². The number of benzene rings is 8. The summed E-state index contributed by atoms with van der Waals surface area (Å²) in [5.41, 5.74) is 3.90. The van der Waals surface area contributed by atoms with Crippen LogP contribution in [0.4, 0.5) is 0 Å². The van der Waals surface area contributed by atoms with Crippen LogP contribution in [-0.4, -0.2) is 19.5 Å². The minimum absolute atomic E-state index is 0.0772. The molecule has 0 aliphatic carbocycles. The first kappa shape index (κ1) is 21.9. The number of fused-ring (bicyclic) bond motifs is 6. The first-order valence-corrected chi connectivity index (χ1v) is 17.8. The van der Waals surface area contributed by atoms with E-state index in [1.165, 1.54) is 0 Å². The van der Waals surface area contributed by atoms with Gasteiger partial charge in [0.1, 0.15) is 11.2 Å². The Bertz CT molecular complexity index is 3920. The van der Waals surface area contributed by atoms with Crippen molar-refractivity contribution in [2.75, 3.05) is 0 Å². The van der Waals surface area contributed by atoms with Gasteiger partial charge in [0.25, 0.3) is 0 Å². The van der Waals surface area contributed by atoms with Crippen LogP contribution < -0.4 is 0 Å². The van der Waals surface area contributed by atoms with Gasteiger partial charge in [0.15, 0.2) is 17.5 Å². The van der Waals surface area contributed by atoms with E-state index in [1.807, 2.05) is 97.1 Å². The highest BCUT2D eigenvalue weighted by molar-refractivity contribution is 6.14. The van der Waals surface area contributed by atoms with Gasteiger partial charge in [0, 0.05) is 43.9 Å². The summed E-state index contributed by atoms with van der Waals surface area (Å²) in [6.45, 7) is 0. The van der Waals surface area contributed by atoms with E-state index in [9.17, 15) is 5.48 Å². The second-order valence-electron chi connectivity index (χ2n) is 13.1. The zero-order valence-corrected chi connectivity index (χ0v) is 29.2. The molecule has 0 unspecified atom stereocenters. The van der Waals surface area contributed by atoms with Crippen molar-refractivity contribution in [1.29, 1.82) is 0 Å². The molecule has 0 amide bonds. The van der Waals surface area contributed by atoms with Crippen LogP contribution in [0.1, 0.15) is 16.4 Å². The highest BCUT2D eigenvalue weighted by Gasteiger charge is 2.22. The Hall–Kier alpha value is -7.63. The number of para-hydroxylation sites is 5. The van der Waals surface area contributed by atoms with E-state index in [0.29, 0.717) is 27.9 Å². The van der Waals surface area contributed by atoms with Gasteiger partial charge in [-0.1, -0.05) is 164 Å². The zero-order chi connectivity index (χ0) is 47.4. The molecule has 5 nitrogen and oxygen atoms in total. The predicted molar refractivity (Wildman–Crippen MR) is 229 cm³/mol. The molecular formula is C51H32N4O. The van der Waals surface area contributed by atoms with Crippen molar-refractivity contribution < 1.29 is 20.9 Å². The molecule has 56 heavy (non-hydrogen) atoms. The average molecular weight is 729 g/mol. The minimum Gasteiger partial charge on any atom is -0.455 e. The maximum atomic E-state index is 9.60. The van der Waals surface area contributed by atoms with E-state index in [1.54, 1.807) is 24.3 Å². The fraction of sp³-hybridized carbons (Fsp3) is 0. The fourth-order valence-corrected chi connectivity index (χ4v) is 7.35. The number of hydrogen-bond donors (Lipinski definition) is 0. The van der Waals surface area contributed by atoms with Gasteiger partial charge >= 0.3 is 0 Å². The Balaban J connectivity index is 1.25. The van der Waals surface area contributed by atoms with E-state index < -0.39 is 78.2 Å². The third kappa shape index (κ3) is 5.21. The van der Waals surface area contributed by atoms with Crippen LogP contribution in [0, 0.1) is 0 Å². The fourth-order valence-electron chi connectivity index (χ4n) is 7.35. The molecule has 0 radical (unpaired) electrons. The van der Waals surface area contributed by atoms with Crippen molar-refractivity contribution in [2.45, 2.75) is 0 Å². The summed E-state index contributed by atoms with van der Waals surface area (Å²) in [6.07, 6.45) is 0. The molecule has 0 saturated heterocycles. The van der Waals surface area contributed by atoms with E-state index in [-0.39, 0.29) is 50.4 Å². The molecule has 11 aromatic rings. The minimum atomic E-state index is -0.713. The summed E-state index contributed by atoms with van der Waals surface area (Å²) in [7, 11) is 0. The lowest BCUT2D eigenvalue weighted by atomic mass is 9.96. The summed E-state index contributed by atoms with van der Waals surface area (Å²) < 4.78 is 115. The summed E-state index contributed by atoms with van der Waals surface area (Å²) in [5, 5.41) is 1.32. The van der Waals surface area contributed by atoms with Crippen LogP contribution in [0.3, 0.4) is 0 Å². The number of furan rings is 1. The molecule has 0 N–H and O–H groups in total. The molecule has 0 aliphatic rings. The molecule has 3 heterocycles. The summed E-state index contributed by atoms with van der Waals surface area (Å²) in [5.74, 6) is 0.639. The van der Waals surface area contributed by atoms with Gasteiger partial charge in [-0.3, -0.25) is 0 Å². The van der Waals surface area contributed by atoms with Crippen LogP contribution in [0.5, 0.6) is 0 Å². The van der Waals surface area contributed by atoms with Gasteiger partial charge in [-0.25, -0.2) is 15.0 Å². The van der Waals surface area contributed by atoms with E-state index in [0.717, 1.165) is 26.5 Å². The van der Waals surface area contributed by atoms with Gasteiger partial charge < -0.3 is 8.98 Å². The van der Waals surface area contributed by atoms with Crippen LogP contribution in [0.25, 0.3) is 106 Å². The molecule has 5 heteroatoms. The van der Waals surface area contributed by atoms with Crippen LogP contribution in [0.15, 0.2) is 198 Å². The largest absolute Gasteiger partial charge is 0.455 e. The first-order valence-electron chi connectivity index (χ1n) is 23.8. The van der Waals surface area contributed by atoms with Gasteiger partial charge in [-0.15, -0.1) is 0 Å². The lowest BCUT2D eigenvalue weighted by Gasteiger charge is -2.15. The average Bonchev–Trinajstić information content (AvgIpc) is 3.93. The third-order valence-corrected chi connectivity index (χ3v) is 9.89. The van der Waals surface area contributed by atoms with Gasteiger partial charge in [0.2, 0.25) is 0 Å². The molecule has 0 saturated carbocycles. The monoisotopic (exact) mass is 728 g/mol. The molecule has 0 bridgehead atoms. The van der Waals surface area contributed by atoms with Gasteiger partial charge in [-0.2, -0.15) is 0 Å². The van der Waals surface area contributed by atoms with Crippen molar-refractivity contribution in [1.82, 2.24) is 19.5 Å². The van der Waals surface area contributed by atoms with Crippen molar-refractivity contribution in [2.24, 2.45) is 0 Å². The van der Waals surface area contributed by atoms with Crippen molar-refractivity contribution in [3.63, 3.8) is 0 Å². The molecule has 0 spiro atoms. The molecule has 11 rings (SSSR count). The lowest BCUT2D eigenvalue weighted by molar-refractivity contribution is 0.669. The molecule has 262 valence electrons. The van der Waals surface area contributed by atoms with Gasteiger partial charge in [-0.05, 0) is 47.0 Å². The van der Waals surface area contributed by atoms with E-state index in [4.69, 9.17) is 30.3 Å². The zero-order valence-electron chi connectivity index (χ0n) is 41.2. The smallest absolute Gasteiger partial charge is 0.167 e. The second kappa shape index (κ2) is 13.0. The number of aromatic nitrogens is 4. The predicted octanol–water partition coefficient (Wildman–Crippen LogP) is 13.2. The Morgan fingerprint density at radius 2 is 1.04 bits per heavy atom. The highest BCUT2D eigenvalue weighted by Crippen LogP contribution is 2.42. The number of nitrogens with zero attached hydrogens (tertiary/aromatic N) is 4. The van der Waals surface area contributed by atoms with Crippen molar-refractivity contribution in [3.05, 3.63) is 194 Å². The normalized spacial score (nSPS) is 14.6. The maximum Gasteiger partial charge on any atom is 0.167 e. The van der Waals surface area contributed by atoms with E-state index >= 15 is 0 Å². The molecule has 0 fully saturated rings. The Morgan fingerprint density at radius 3 is 1.89 bits per heavy atom. The number of hydrogen-bond acceptors (Lipinski definition) is 4. The van der Waals surface area contributed by atoms with Crippen molar-refractivity contribution >= 4 is 43.7 Å². The Morgan fingerprint density at radius 1 is 0.411 bits per heavy atom. The van der Waals surface area contributed by atoms with Crippen LogP contribution in [-0.2, 0) is 0 Å². The maximum absolute atomic E-state index is 9.60. The third-order valence-electron chi connectivity index (χ3n) is 9.89. The summed E-state index contributed by atoms with van der Waals surface area (Å²) in [6, 6.07) is 30.0. The lowest BCUT2D eigenvalue weighted by Crippen LogP contribution is -2.02. The Labute approximate surface area is 339 Å². The SMILES string of the molecule is [2H]c1c([2H])c([2H])c(-n2c3c([2H])c([2H])c([2H])c([2H])c3c3c([2H])c([2H])c([2H])c(-c4ccccc4-c4nc(-c5ccc(-c6ccccc6)cc5)nc(-c5cccc6c5oc5ccccc56)n4)c32)c([2H])c1[2H]. The molecule has 3 aromatic heterocycles. The molecule has 8 aromatic carbocycles. The molecular weight excluding hydrogens is 685 g/mol. The molecule has 0 atom stereocenters. The standard InChI is InChI=1S/C51H32N4O/c1-3-15-33(16-4-1)34-29-31-35(32-30-34)49-52-50(54-51(53-49)44-26-14-25-42-39-21-10-12-28-46(39)56-48(42)44)43-22-8-7-19-37(43)40-23-13-24-41-38-20-9-11-27-45(38)55(47(40)41)36-17-5-2-6-18-36/h1-32H/i2D,5D,6D,9D,11D,13D,17D,18D,20D,23D,24D,27D. The van der Waals surface area contributed by atoms with Crippen LogP contribution in [0.2, 0.25) is 0 Å². The summed E-state index contributed by atoms with van der Waals surface area (Å²) >= 11 is 0. The number of rotatable bonds is 6. The first-order chi connectivity index (χ1) is 32.8. The topological polar surface area (TPSA) is 56.7 Å². The van der Waals surface area contributed by atoms with Crippen molar-refractivity contribution in [3.8, 4) is 62.1 Å². The Kier molecular flexibility index (Phi) is 5.10.